The predicted octanol–water partition coefficient (Wildman–Crippen LogP) is 4.35. The van der Waals surface area contributed by atoms with E-state index in [9.17, 15) is 13.2 Å². The van der Waals surface area contributed by atoms with Gasteiger partial charge in [0.15, 0.2) is 6.61 Å². The minimum absolute atomic E-state index is 0.171. The van der Waals surface area contributed by atoms with Crippen molar-refractivity contribution >= 4 is 28.6 Å². The first-order valence-electron chi connectivity index (χ1n) is 5.56. The van der Waals surface area contributed by atoms with Gasteiger partial charge in [0.2, 0.25) is 0 Å². The Morgan fingerprint density at radius 3 is 2.50 bits per heavy atom. The first kappa shape index (κ1) is 14.9. The van der Waals surface area contributed by atoms with Crippen LogP contribution in [0.25, 0.3) is 0 Å². The second-order valence-corrected chi connectivity index (χ2v) is 5.59. The molecule has 0 saturated heterocycles. The zero-order chi connectivity index (χ0) is 14.6. The first-order chi connectivity index (χ1) is 9.42. The maximum Gasteiger partial charge on any atom is 0.422 e. The van der Waals surface area contributed by atoms with Gasteiger partial charge in [0.1, 0.15) is 15.1 Å². The van der Waals surface area contributed by atoms with Crippen LogP contribution in [-0.2, 0) is 6.54 Å². The summed E-state index contributed by atoms with van der Waals surface area (Å²) in [5.41, 5.74) is 0.760. The zero-order valence-corrected chi connectivity index (χ0v) is 11.6. The molecule has 0 aliphatic carbocycles. The van der Waals surface area contributed by atoms with Crippen molar-refractivity contribution < 1.29 is 17.9 Å². The largest absolute Gasteiger partial charge is 0.484 e. The summed E-state index contributed by atoms with van der Waals surface area (Å²) in [6.07, 6.45) is -2.77. The van der Waals surface area contributed by atoms with Crippen LogP contribution >= 0.6 is 22.9 Å². The highest BCUT2D eigenvalue weighted by Crippen LogP contribution is 2.22. The molecule has 108 valence electrons. The van der Waals surface area contributed by atoms with Gasteiger partial charge < -0.3 is 10.1 Å². The molecule has 0 spiro atoms. The van der Waals surface area contributed by atoms with E-state index in [0.29, 0.717) is 10.9 Å². The summed E-state index contributed by atoms with van der Waals surface area (Å²) in [5.74, 6) is 0.171. The zero-order valence-electron chi connectivity index (χ0n) is 10.1. The van der Waals surface area contributed by atoms with Gasteiger partial charge in [-0.2, -0.15) is 13.2 Å². The van der Waals surface area contributed by atoms with Crippen molar-refractivity contribution in [1.82, 2.24) is 4.98 Å². The molecule has 0 saturated carbocycles. The molecule has 2 rings (SSSR count). The van der Waals surface area contributed by atoms with E-state index >= 15 is 0 Å². The number of hydrogen-bond acceptors (Lipinski definition) is 4. The fourth-order valence-electron chi connectivity index (χ4n) is 1.38. The average Bonchev–Trinajstić information content (AvgIpc) is 2.80. The third-order valence-corrected chi connectivity index (χ3v) is 3.34. The van der Waals surface area contributed by atoms with E-state index in [1.807, 2.05) is 0 Å². The summed E-state index contributed by atoms with van der Waals surface area (Å²) in [5, 5.41) is 3.91. The molecule has 0 aliphatic rings. The number of thiazole rings is 1. The monoisotopic (exact) mass is 322 g/mol. The molecule has 1 N–H and O–H groups in total. The van der Waals surface area contributed by atoms with E-state index in [0.717, 1.165) is 10.7 Å². The van der Waals surface area contributed by atoms with Crippen molar-refractivity contribution in [1.29, 1.82) is 0 Å². The van der Waals surface area contributed by atoms with Crippen molar-refractivity contribution in [3.8, 4) is 5.75 Å². The molecule has 3 nitrogen and oxygen atoms in total. The lowest BCUT2D eigenvalue weighted by atomic mass is 10.3. The minimum Gasteiger partial charge on any atom is -0.484 e. The van der Waals surface area contributed by atoms with Gasteiger partial charge in [-0.05, 0) is 24.3 Å². The van der Waals surface area contributed by atoms with Crippen LogP contribution in [0.3, 0.4) is 0 Å². The van der Waals surface area contributed by atoms with Crippen molar-refractivity contribution in [2.75, 3.05) is 11.9 Å². The van der Waals surface area contributed by atoms with Crippen LogP contribution in [0.15, 0.2) is 30.5 Å². The highest BCUT2D eigenvalue weighted by atomic mass is 35.5. The Labute approximate surface area is 122 Å². The van der Waals surface area contributed by atoms with Crippen LogP contribution in [-0.4, -0.2) is 17.8 Å². The van der Waals surface area contributed by atoms with E-state index in [2.05, 4.69) is 15.0 Å². The maximum atomic E-state index is 12.0. The summed E-state index contributed by atoms with van der Waals surface area (Å²) in [7, 11) is 0. The summed E-state index contributed by atoms with van der Waals surface area (Å²) in [4.78, 5) is 4.08. The molecule has 0 fully saturated rings. The molecule has 1 aromatic carbocycles. The van der Waals surface area contributed by atoms with Crippen LogP contribution in [0.1, 0.15) is 5.01 Å². The summed E-state index contributed by atoms with van der Waals surface area (Å²) < 4.78 is 41.2. The van der Waals surface area contributed by atoms with Gasteiger partial charge in [0, 0.05) is 5.69 Å². The van der Waals surface area contributed by atoms with Crippen molar-refractivity contribution in [2.45, 2.75) is 12.7 Å². The van der Waals surface area contributed by atoms with Gasteiger partial charge in [0.25, 0.3) is 0 Å². The van der Waals surface area contributed by atoms with E-state index in [-0.39, 0.29) is 5.75 Å². The number of aromatic nitrogens is 1. The normalized spacial score (nSPS) is 11.4. The third-order valence-electron chi connectivity index (χ3n) is 2.23. The fraction of sp³-hybridized carbons (Fsp3) is 0.250. The van der Waals surface area contributed by atoms with Gasteiger partial charge in [-0.25, -0.2) is 4.98 Å². The molecule has 0 atom stereocenters. The topological polar surface area (TPSA) is 34.1 Å². The van der Waals surface area contributed by atoms with Crippen molar-refractivity contribution in [2.24, 2.45) is 0 Å². The first-order valence-corrected chi connectivity index (χ1v) is 6.75. The third kappa shape index (κ3) is 4.90. The SMILES string of the molecule is FC(F)(F)COc1ccc(NCc2ncc(Cl)s2)cc1. The van der Waals surface area contributed by atoms with Crippen LogP contribution < -0.4 is 10.1 Å². The molecule has 0 amide bonds. The standard InChI is InChI=1S/C12H10ClF3N2OS/c13-10-5-18-11(20-10)6-17-8-1-3-9(4-2-8)19-7-12(14,15)16/h1-5,17H,6-7H2. The van der Waals surface area contributed by atoms with Crippen molar-refractivity contribution in [3.63, 3.8) is 0 Å². The molecule has 0 bridgehead atoms. The Kier molecular flexibility index (Phi) is 4.72. The number of benzene rings is 1. The second kappa shape index (κ2) is 6.32. The molecule has 20 heavy (non-hydrogen) atoms. The lowest BCUT2D eigenvalue weighted by Crippen LogP contribution is -2.19. The predicted molar refractivity (Wildman–Crippen MR) is 72.4 cm³/mol. The summed E-state index contributed by atoms with van der Waals surface area (Å²) in [6, 6.07) is 6.23. The van der Waals surface area contributed by atoms with Crippen LogP contribution in [0, 0.1) is 0 Å². The number of rotatable bonds is 5. The maximum absolute atomic E-state index is 12.0. The molecular formula is C12H10ClF3N2OS. The van der Waals surface area contributed by atoms with Gasteiger partial charge in [-0.3, -0.25) is 0 Å². The van der Waals surface area contributed by atoms with Gasteiger partial charge in [0.05, 0.1) is 12.7 Å². The highest BCUT2D eigenvalue weighted by molar-refractivity contribution is 7.15. The average molecular weight is 323 g/mol. The van der Waals surface area contributed by atoms with Gasteiger partial charge >= 0.3 is 6.18 Å². The number of alkyl halides is 3. The summed E-state index contributed by atoms with van der Waals surface area (Å²) in [6.45, 7) is -0.794. The number of halogens is 4. The number of anilines is 1. The lowest BCUT2D eigenvalue weighted by Gasteiger charge is -2.10. The van der Waals surface area contributed by atoms with Crippen LogP contribution in [0.5, 0.6) is 5.75 Å². The Morgan fingerprint density at radius 1 is 1.25 bits per heavy atom. The fourth-order valence-corrected chi connectivity index (χ4v) is 2.28. The van der Waals surface area contributed by atoms with Crippen LogP contribution in [0.4, 0.5) is 18.9 Å². The van der Waals surface area contributed by atoms with E-state index in [4.69, 9.17) is 11.6 Å². The quantitative estimate of drug-likeness (QED) is 0.888. The Bertz CT molecular complexity index is 557. The molecule has 0 unspecified atom stereocenters. The smallest absolute Gasteiger partial charge is 0.422 e. The van der Waals surface area contributed by atoms with Crippen molar-refractivity contribution in [3.05, 3.63) is 39.8 Å². The molecule has 8 heteroatoms. The molecule has 0 aliphatic heterocycles. The highest BCUT2D eigenvalue weighted by Gasteiger charge is 2.28. The number of nitrogens with one attached hydrogen (secondary N) is 1. The van der Waals surface area contributed by atoms with E-state index in [1.54, 1.807) is 18.3 Å². The molecule has 0 radical (unpaired) electrons. The molecule has 2 aromatic rings. The van der Waals surface area contributed by atoms with E-state index in [1.165, 1.54) is 23.5 Å². The summed E-state index contributed by atoms with van der Waals surface area (Å²) >= 11 is 7.12. The van der Waals surface area contributed by atoms with Gasteiger partial charge in [-0.15, -0.1) is 11.3 Å². The number of nitrogens with zero attached hydrogens (tertiary/aromatic N) is 1. The minimum atomic E-state index is -4.33. The Morgan fingerprint density at radius 2 is 1.95 bits per heavy atom. The number of ether oxygens (including phenoxy) is 1. The molecular weight excluding hydrogens is 313 g/mol. The van der Waals surface area contributed by atoms with Gasteiger partial charge in [-0.1, -0.05) is 11.6 Å². The Balaban J connectivity index is 1.85. The number of hydrogen-bond donors (Lipinski definition) is 1. The van der Waals surface area contributed by atoms with Crippen LogP contribution in [0.2, 0.25) is 4.34 Å². The molecule has 1 heterocycles. The van der Waals surface area contributed by atoms with E-state index < -0.39 is 12.8 Å². The molecule has 1 aromatic heterocycles. The Hall–Kier alpha value is -1.47. The lowest BCUT2D eigenvalue weighted by molar-refractivity contribution is -0.153. The second-order valence-electron chi connectivity index (χ2n) is 3.84.